The van der Waals surface area contributed by atoms with Gasteiger partial charge in [-0.05, 0) is 42.8 Å². The molecule has 2 heterocycles. The summed E-state index contributed by atoms with van der Waals surface area (Å²) in [5.41, 5.74) is 2.42. The molecular weight excluding hydrogens is 380 g/mol. The number of aryl methyl sites for hydroxylation is 1. The van der Waals surface area contributed by atoms with Crippen LogP contribution in [0.5, 0.6) is 5.75 Å². The Morgan fingerprint density at radius 2 is 2.07 bits per heavy atom. The number of rotatable bonds is 4. The summed E-state index contributed by atoms with van der Waals surface area (Å²) in [5, 5.41) is 4.89. The number of hydrogen-bond donors (Lipinski definition) is 2. The van der Waals surface area contributed by atoms with Gasteiger partial charge >= 0.3 is 5.63 Å². The quantitative estimate of drug-likeness (QED) is 0.500. The van der Waals surface area contributed by atoms with Gasteiger partial charge < -0.3 is 19.5 Å². The summed E-state index contributed by atoms with van der Waals surface area (Å²) in [6, 6.07) is 10.7. The molecule has 4 rings (SSSR count). The van der Waals surface area contributed by atoms with Crippen LogP contribution in [0.2, 0.25) is 5.02 Å². The van der Waals surface area contributed by atoms with Crippen LogP contribution < -0.4 is 15.7 Å². The van der Waals surface area contributed by atoms with Gasteiger partial charge in [0.05, 0.1) is 24.1 Å². The normalized spacial score (nSPS) is 11.1. The largest absolute Gasteiger partial charge is 0.495 e. The SMILES string of the molecule is COc1cc2oc(=O)c(CC(=O)Nc3ccc4[nH]ccc4c3)c(C)c2cc1Cl. The Kier molecular flexibility index (Phi) is 4.57. The molecule has 28 heavy (non-hydrogen) atoms. The standard InChI is InChI=1S/C21H17ClN2O4/c1-11-14-8-16(22)19(27-2)10-18(14)28-21(26)15(11)9-20(25)24-13-3-4-17-12(7-13)5-6-23-17/h3-8,10,23H,9H2,1-2H3,(H,24,25). The maximum Gasteiger partial charge on any atom is 0.340 e. The number of hydrogen-bond acceptors (Lipinski definition) is 4. The highest BCUT2D eigenvalue weighted by molar-refractivity contribution is 6.32. The molecule has 6 nitrogen and oxygen atoms in total. The minimum Gasteiger partial charge on any atom is -0.495 e. The van der Waals surface area contributed by atoms with Gasteiger partial charge in [-0.1, -0.05) is 11.6 Å². The van der Waals surface area contributed by atoms with E-state index in [4.69, 9.17) is 20.8 Å². The van der Waals surface area contributed by atoms with E-state index in [0.717, 1.165) is 10.9 Å². The van der Waals surface area contributed by atoms with E-state index in [0.29, 0.717) is 38.6 Å². The lowest BCUT2D eigenvalue weighted by Crippen LogP contribution is -2.20. The first-order valence-electron chi connectivity index (χ1n) is 8.63. The summed E-state index contributed by atoms with van der Waals surface area (Å²) in [7, 11) is 1.49. The first-order chi connectivity index (χ1) is 13.5. The van der Waals surface area contributed by atoms with E-state index >= 15 is 0 Å². The molecule has 0 fully saturated rings. The third-order valence-electron chi connectivity index (χ3n) is 4.73. The molecule has 0 saturated carbocycles. The van der Waals surface area contributed by atoms with Crippen LogP contribution in [0.4, 0.5) is 5.69 Å². The van der Waals surface area contributed by atoms with Gasteiger partial charge in [0.25, 0.3) is 0 Å². The molecule has 7 heteroatoms. The second kappa shape index (κ2) is 7.05. The summed E-state index contributed by atoms with van der Waals surface area (Å²) in [6.07, 6.45) is 1.74. The molecule has 2 aromatic heterocycles. The zero-order chi connectivity index (χ0) is 19.8. The summed E-state index contributed by atoms with van der Waals surface area (Å²) in [4.78, 5) is 28.1. The molecule has 0 aliphatic heterocycles. The number of methoxy groups -OCH3 is 1. The Labute approximate surface area is 165 Å². The van der Waals surface area contributed by atoms with E-state index in [1.807, 2.05) is 24.4 Å². The van der Waals surface area contributed by atoms with Crippen LogP contribution in [0, 0.1) is 6.92 Å². The van der Waals surface area contributed by atoms with E-state index in [-0.39, 0.29) is 12.3 Å². The number of anilines is 1. The Morgan fingerprint density at radius 1 is 1.25 bits per heavy atom. The molecular formula is C21H17ClN2O4. The van der Waals surface area contributed by atoms with Gasteiger partial charge in [0, 0.05) is 34.2 Å². The molecule has 2 N–H and O–H groups in total. The molecule has 0 aliphatic carbocycles. The van der Waals surface area contributed by atoms with Gasteiger partial charge in [-0.25, -0.2) is 4.79 Å². The first kappa shape index (κ1) is 18.1. The lowest BCUT2D eigenvalue weighted by Gasteiger charge is -2.10. The van der Waals surface area contributed by atoms with Crippen LogP contribution >= 0.6 is 11.6 Å². The number of carbonyl (C=O) groups excluding carboxylic acids is 1. The molecule has 0 bridgehead atoms. The summed E-state index contributed by atoms with van der Waals surface area (Å²) < 4.78 is 10.5. The predicted molar refractivity (Wildman–Crippen MR) is 109 cm³/mol. The zero-order valence-electron chi connectivity index (χ0n) is 15.3. The van der Waals surface area contributed by atoms with Crippen molar-refractivity contribution < 1.29 is 13.9 Å². The highest BCUT2D eigenvalue weighted by atomic mass is 35.5. The van der Waals surface area contributed by atoms with Gasteiger partial charge in [-0.15, -0.1) is 0 Å². The Hall–Kier alpha value is -3.25. The molecule has 2 aromatic carbocycles. The van der Waals surface area contributed by atoms with Crippen molar-refractivity contribution in [2.45, 2.75) is 13.3 Å². The second-order valence-electron chi connectivity index (χ2n) is 6.48. The van der Waals surface area contributed by atoms with Crippen molar-refractivity contribution in [3.8, 4) is 5.75 Å². The predicted octanol–water partition coefficient (Wildman–Crippen LogP) is 4.43. The molecule has 0 aliphatic rings. The van der Waals surface area contributed by atoms with Gasteiger partial charge in [0.1, 0.15) is 11.3 Å². The highest BCUT2D eigenvalue weighted by Gasteiger charge is 2.17. The summed E-state index contributed by atoms with van der Waals surface area (Å²) in [5.74, 6) is 0.117. The van der Waals surface area contributed by atoms with Crippen molar-refractivity contribution in [3.63, 3.8) is 0 Å². The van der Waals surface area contributed by atoms with Gasteiger partial charge in [0.2, 0.25) is 5.91 Å². The lowest BCUT2D eigenvalue weighted by atomic mass is 10.0. The van der Waals surface area contributed by atoms with E-state index in [1.54, 1.807) is 25.1 Å². The van der Waals surface area contributed by atoms with E-state index < -0.39 is 5.63 Å². The van der Waals surface area contributed by atoms with Crippen LogP contribution in [0.1, 0.15) is 11.1 Å². The average Bonchev–Trinajstić information content (AvgIpc) is 3.13. The number of fused-ring (bicyclic) bond motifs is 2. The molecule has 0 atom stereocenters. The number of aromatic amines is 1. The van der Waals surface area contributed by atoms with Crippen molar-refractivity contribution >= 4 is 45.1 Å². The molecule has 142 valence electrons. The molecule has 0 unspecified atom stereocenters. The summed E-state index contributed by atoms with van der Waals surface area (Å²) in [6.45, 7) is 1.77. The highest BCUT2D eigenvalue weighted by Crippen LogP contribution is 2.31. The third kappa shape index (κ3) is 3.23. The monoisotopic (exact) mass is 396 g/mol. The fourth-order valence-electron chi connectivity index (χ4n) is 3.25. The number of H-pyrrole nitrogens is 1. The van der Waals surface area contributed by atoms with Crippen molar-refractivity contribution in [3.05, 3.63) is 69.2 Å². The average molecular weight is 397 g/mol. The number of carbonyl (C=O) groups is 1. The van der Waals surface area contributed by atoms with Gasteiger partial charge in [0.15, 0.2) is 0 Å². The fourth-order valence-corrected chi connectivity index (χ4v) is 3.49. The number of amides is 1. The molecule has 4 aromatic rings. The van der Waals surface area contributed by atoms with E-state index in [1.165, 1.54) is 7.11 Å². The van der Waals surface area contributed by atoms with Crippen molar-refractivity contribution in [1.82, 2.24) is 4.98 Å². The topological polar surface area (TPSA) is 84.3 Å². The molecule has 0 saturated heterocycles. The lowest BCUT2D eigenvalue weighted by molar-refractivity contribution is -0.115. The minimum atomic E-state index is -0.550. The Morgan fingerprint density at radius 3 is 2.86 bits per heavy atom. The molecule has 1 amide bonds. The smallest absolute Gasteiger partial charge is 0.340 e. The number of benzene rings is 2. The third-order valence-corrected chi connectivity index (χ3v) is 5.03. The minimum absolute atomic E-state index is 0.0983. The maximum absolute atomic E-state index is 12.5. The zero-order valence-corrected chi connectivity index (χ0v) is 16.0. The summed E-state index contributed by atoms with van der Waals surface area (Å²) >= 11 is 6.19. The number of ether oxygens (including phenoxy) is 1. The molecule has 0 spiro atoms. The number of aromatic nitrogens is 1. The van der Waals surface area contributed by atoms with Gasteiger partial charge in [-0.2, -0.15) is 0 Å². The first-order valence-corrected chi connectivity index (χ1v) is 9.01. The Bertz CT molecular complexity index is 1270. The number of nitrogens with one attached hydrogen (secondary N) is 2. The van der Waals surface area contributed by atoms with Crippen molar-refractivity contribution in [1.29, 1.82) is 0 Å². The fraction of sp³-hybridized carbons (Fsp3) is 0.143. The van der Waals surface area contributed by atoms with Gasteiger partial charge in [-0.3, -0.25) is 4.79 Å². The van der Waals surface area contributed by atoms with E-state index in [9.17, 15) is 9.59 Å². The van der Waals surface area contributed by atoms with Crippen LogP contribution in [0.3, 0.4) is 0 Å². The Balaban J connectivity index is 1.64. The van der Waals surface area contributed by atoms with Crippen LogP contribution in [-0.4, -0.2) is 18.0 Å². The van der Waals surface area contributed by atoms with E-state index in [2.05, 4.69) is 10.3 Å². The van der Waals surface area contributed by atoms with Crippen molar-refractivity contribution in [2.75, 3.05) is 12.4 Å². The van der Waals surface area contributed by atoms with Crippen molar-refractivity contribution in [2.24, 2.45) is 0 Å². The molecule has 0 radical (unpaired) electrons. The maximum atomic E-state index is 12.5. The number of halogens is 1. The second-order valence-corrected chi connectivity index (χ2v) is 6.89. The van der Waals surface area contributed by atoms with Crippen LogP contribution in [0.15, 0.2) is 51.8 Å². The van der Waals surface area contributed by atoms with Crippen LogP contribution in [0.25, 0.3) is 21.9 Å². The van der Waals surface area contributed by atoms with Crippen LogP contribution in [-0.2, 0) is 11.2 Å².